The molecule has 4 aliphatic heterocycles. The van der Waals surface area contributed by atoms with Crippen LogP contribution >= 0.6 is 23.2 Å². The molecule has 2 saturated carbocycles. The van der Waals surface area contributed by atoms with E-state index in [0.29, 0.717) is 5.78 Å². The number of carbonyl (C=O) groups is 4. The molecule has 2 atom stereocenters. The van der Waals surface area contributed by atoms with Crippen molar-refractivity contribution in [3.8, 4) is 22.5 Å². The summed E-state index contributed by atoms with van der Waals surface area (Å²) in [4.78, 5) is 39.9. The summed E-state index contributed by atoms with van der Waals surface area (Å²) < 4.78 is 99.3. The molecular formula is C67H83B4Cl2F9N10O8. The lowest BCUT2D eigenvalue weighted by Crippen LogP contribution is -2.39. The molecule has 0 spiro atoms. The van der Waals surface area contributed by atoms with Gasteiger partial charge in [-0.1, -0.05) is 123 Å². The van der Waals surface area contributed by atoms with Crippen LogP contribution in [0.25, 0.3) is 33.7 Å². The molecule has 33 heteroatoms. The molecule has 0 bridgehead atoms. The Labute approximate surface area is 591 Å². The van der Waals surface area contributed by atoms with Gasteiger partial charge in [0.25, 0.3) is 0 Å². The van der Waals surface area contributed by atoms with Crippen molar-refractivity contribution < 1.29 is 79.1 Å². The third-order valence-electron chi connectivity index (χ3n) is 16.1. The number of anilines is 2. The second-order valence-corrected chi connectivity index (χ2v) is 23.8. The lowest BCUT2D eigenvalue weighted by Gasteiger charge is -2.36. The van der Waals surface area contributed by atoms with Gasteiger partial charge < -0.3 is 36.4 Å². The van der Waals surface area contributed by atoms with Crippen LogP contribution in [0.2, 0.25) is 10.0 Å². The second kappa shape index (κ2) is 42.0. The van der Waals surface area contributed by atoms with Gasteiger partial charge in [-0.2, -0.15) is 39.5 Å². The average Bonchev–Trinajstić information content (AvgIpc) is 1.59. The first-order valence-corrected chi connectivity index (χ1v) is 32.2. The van der Waals surface area contributed by atoms with E-state index >= 15 is 0 Å². The number of ketones is 1. The van der Waals surface area contributed by atoms with Crippen molar-refractivity contribution in [3.05, 3.63) is 141 Å². The Morgan fingerprint density at radius 2 is 0.980 bits per heavy atom. The van der Waals surface area contributed by atoms with Crippen molar-refractivity contribution in [1.82, 2.24) is 40.2 Å². The molecule has 6 aliphatic rings. The fraction of sp³-hybridized carbons (Fsp3) is 0.463. The maximum absolute atomic E-state index is 10.6. The smallest absolute Gasteiger partial charge is 0.475 e. The minimum atomic E-state index is -5.08. The van der Waals surface area contributed by atoms with Crippen LogP contribution in [0.1, 0.15) is 150 Å². The number of aromatic nitrogens is 6. The zero-order valence-electron chi connectivity index (χ0n) is 54.1. The first kappa shape index (κ1) is 86.6. The van der Waals surface area contributed by atoms with Crippen LogP contribution in [0.3, 0.4) is 0 Å². The minimum absolute atomic E-state index is 0. The molecule has 6 aromatic rings. The van der Waals surface area contributed by atoms with Gasteiger partial charge in [-0.25, -0.2) is 23.7 Å². The number of nitrogens with zero attached hydrogens (tertiary/aromatic N) is 7. The number of fused-ring (bicyclic) bond motifs is 6. The van der Waals surface area contributed by atoms with Crippen LogP contribution in [0.5, 0.6) is 0 Å². The number of carboxylic acid groups (broad SMARTS) is 3. The van der Waals surface area contributed by atoms with Crippen LogP contribution in [0, 0.1) is 13.8 Å². The van der Waals surface area contributed by atoms with Crippen molar-refractivity contribution >= 4 is 99.0 Å². The summed E-state index contributed by atoms with van der Waals surface area (Å²) >= 11 is 12.5. The van der Waals surface area contributed by atoms with E-state index in [1.807, 2.05) is 48.0 Å². The van der Waals surface area contributed by atoms with Crippen molar-refractivity contribution in [1.29, 1.82) is 0 Å². The maximum atomic E-state index is 10.6. The Balaban J connectivity index is 0.000000355. The number of aliphatic hydroxyl groups excluding tert-OH is 1. The Morgan fingerprint density at radius 1 is 0.570 bits per heavy atom. The highest BCUT2D eigenvalue weighted by atomic mass is 35.5. The third-order valence-corrected chi connectivity index (χ3v) is 16.6. The predicted octanol–water partition coefficient (Wildman–Crippen LogP) is 14.5. The molecule has 12 rings (SSSR count). The molecule has 0 saturated heterocycles. The zero-order chi connectivity index (χ0) is 72.3. The number of alkyl halides is 9. The maximum Gasteiger partial charge on any atom is 0.490 e. The number of aliphatic carboxylic acids is 3. The molecule has 2 aromatic heterocycles. The summed E-state index contributed by atoms with van der Waals surface area (Å²) in [5.74, 6) is -7.81. The van der Waals surface area contributed by atoms with Gasteiger partial charge in [0.2, 0.25) is 0 Å². The number of aryl methyl sites for hydroxylation is 4. The summed E-state index contributed by atoms with van der Waals surface area (Å²) in [5.41, 5.74) is 16.9. The van der Waals surface area contributed by atoms with Crippen molar-refractivity contribution in [2.45, 2.75) is 168 Å². The van der Waals surface area contributed by atoms with Crippen molar-refractivity contribution in [3.63, 3.8) is 0 Å². The van der Waals surface area contributed by atoms with Crippen LogP contribution in [-0.2, 0) is 32.3 Å². The number of carboxylic acids is 3. The number of hydrogen-bond acceptors (Lipinski definition) is 13. The quantitative estimate of drug-likeness (QED) is 0.0553. The highest BCUT2D eigenvalue weighted by Gasteiger charge is 2.40. The Bertz CT molecular complexity index is 3580. The lowest BCUT2D eigenvalue weighted by atomic mass is 9.19. The Kier molecular flexibility index (Phi) is 36.4. The fourth-order valence-electron chi connectivity index (χ4n) is 11.5. The predicted molar refractivity (Wildman–Crippen MR) is 376 cm³/mol. The highest BCUT2D eigenvalue weighted by molar-refractivity contribution is 7.37. The molecule has 538 valence electrons. The number of aliphatic hydroxyl groups is 1. The number of carbonyl (C=O) groups excluding carboxylic acids is 1. The van der Waals surface area contributed by atoms with Crippen LogP contribution in [-0.4, -0.2) is 166 Å². The molecule has 7 N–H and O–H groups in total. The van der Waals surface area contributed by atoms with Crippen molar-refractivity contribution in [2.75, 3.05) is 43.9 Å². The largest absolute Gasteiger partial charge is 0.490 e. The fourth-order valence-corrected chi connectivity index (χ4v) is 11.9. The molecule has 18 nitrogen and oxygen atoms in total. The number of nitrogens with one attached hydrogen (secondary N) is 3. The van der Waals surface area contributed by atoms with E-state index in [0.717, 1.165) is 141 Å². The standard InChI is InChI=1S/C29H34ClN5.C23H24ClN5.C6H10O.3C2HF3O2.CH4O.2CH4.B4/c1-20-29-26-11-10-22(21-12-15-34(16-13-21)25-8-3-2-4-9-25)18-27(26)28(14-17-35(29)33-32-20)31-24-7-5-6-23(30)19-24;1-15-23-20-6-5-17(16-7-10-25-11-8-16)13-21(20)22(9-12-29(23)28-27-15)26-19-4-2-3-18(24)14-19;7-6-4-2-1-3-5-6;3*3-2(4,5)1(6)7;1-2;;;1-3-4-2/h5-7,10-12,18-19,25,28,31H,2-4,8-9,13-17H2,1H3;2-7,13-14,22,25-26H,8-12H2,1H3;1-5H2;3*(H,6,7);2H,1H3;2*1H4;. The van der Waals surface area contributed by atoms with Gasteiger partial charge in [0.15, 0.2) is 0 Å². The van der Waals surface area contributed by atoms with E-state index in [4.69, 9.17) is 73.5 Å². The molecule has 2 unspecified atom stereocenters. The molecule has 100 heavy (non-hydrogen) atoms. The monoisotopic (exact) mass is 1440 g/mol. The topological polar surface area (TPSA) is 250 Å². The molecule has 2 fully saturated rings. The van der Waals surface area contributed by atoms with Gasteiger partial charge >= 0.3 is 36.4 Å². The van der Waals surface area contributed by atoms with E-state index in [2.05, 4.69) is 114 Å². The minimum Gasteiger partial charge on any atom is -0.475 e. The zero-order valence-corrected chi connectivity index (χ0v) is 55.6. The van der Waals surface area contributed by atoms with E-state index in [1.54, 1.807) is 0 Å². The third kappa shape index (κ3) is 27.1. The molecule has 6 heterocycles. The number of rotatable bonds is 8. The Morgan fingerprint density at radius 3 is 1.32 bits per heavy atom. The number of benzene rings is 4. The summed E-state index contributed by atoms with van der Waals surface area (Å²) in [6.07, 6.45) is 5.78. The molecule has 2 aliphatic carbocycles. The van der Waals surface area contributed by atoms with Crippen molar-refractivity contribution in [2.24, 2.45) is 0 Å². The summed E-state index contributed by atoms with van der Waals surface area (Å²) in [7, 11) is 13.0. The first-order valence-electron chi connectivity index (χ1n) is 31.4. The molecule has 6 radical (unpaired) electrons. The van der Waals surface area contributed by atoms with Gasteiger partial charge in [-0.05, 0) is 154 Å². The number of Topliss-reactive ketones (excluding diaryl/α,β-unsaturated/α-hetero) is 1. The lowest BCUT2D eigenvalue weighted by molar-refractivity contribution is -0.193. The van der Waals surface area contributed by atoms with Gasteiger partial charge in [-0.15, -0.1) is 10.2 Å². The SMILES string of the molecule is C.C.CO.Cc1nnn2c1-c1ccc(C3=CCN(C4CCCCC4)CC3)cc1C(Nc1cccc(Cl)c1)CC2.Cc1nnn2c1-c1ccc(C3=CCNCC3)cc1C(Nc1cccc(Cl)c1)CC2.O=C(O)C(F)(F)F.O=C(O)C(F)(F)F.O=C(O)C(F)(F)F.O=C1CCCCC1.[B][B][B][B]. The van der Waals surface area contributed by atoms with Crippen LogP contribution in [0.15, 0.2) is 97.1 Å². The van der Waals surface area contributed by atoms with Gasteiger partial charge in [0.05, 0.1) is 34.9 Å². The highest BCUT2D eigenvalue weighted by Crippen LogP contribution is 2.42. The summed E-state index contributed by atoms with van der Waals surface area (Å²) in [6.45, 7) is 9.98. The van der Waals surface area contributed by atoms with E-state index in [1.165, 1.54) is 104 Å². The van der Waals surface area contributed by atoms with E-state index in [-0.39, 0.29) is 26.9 Å². The second-order valence-electron chi connectivity index (χ2n) is 22.9. The van der Waals surface area contributed by atoms with Gasteiger partial charge in [-0.3, -0.25) is 9.69 Å². The number of hydrogen-bond donors (Lipinski definition) is 7. The molecule has 0 amide bonds. The van der Waals surface area contributed by atoms with Crippen LogP contribution in [0.4, 0.5) is 50.9 Å². The van der Waals surface area contributed by atoms with Gasteiger partial charge in [0.1, 0.15) is 5.78 Å². The summed E-state index contributed by atoms with van der Waals surface area (Å²) in [5, 5.41) is 58.3. The molecule has 4 aromatic carbocycles. The normalized spacial score (nSPS) is 16.9. The summed E-state index contributed by atoms with van der Waals surface area (Å²) in [6, 6.07) is 31.0. The van der Waals surface area contributed by atoms with E-state index < -0.39 is 36.4 Å². The molecular weight excluding hydrogens is 1360 g/mol. The van der Waals surface area contributed by atoms with E-state index in [9.17, 15) is 44.3 Å². The average molecular weight is 1440 g/mol. The van der Waals surface area contributed by atoms with Gasteiger partial charge in [0, 0.05) is 121 Å². The Hall–Kier alpha value is -7.59. The number of halogens is 11. The van der Waals surface area contributed by atoms with Crippen LogP contribution < -0.4 is 16.0 Å². The first-order chi connectivity index (χ1) is 46.5.